The number of carbonyl (C=O) groups is 2. The zero-order valence-electron chi connectivity index (χ0n) is 8.30. The van der Waals surface area contributed by atoms with Gasteiger partial charge < -0.3 is 10.4 Å². The number of amides is 3. The lowest BCUT2D eigenvalue weighted by molar-refractivity contribution is 0.199. The van der Waals surface area contributed by atoms with Crippen LogP contribution in [-0.2, 0) is 0 Å². The van der Waals surface area contributed by atoms with Crippen molar-refractivity contribution >= 4 is 17.8 Å². The minimum absolute atomic E-state index is 0.330. The van der Waals surface area contributed by atoms with Crippen molar-refractivity contribution in [1.82, 2.24) is 5.32 Å². The quantitative estimate of drug-likeness (QED) is 0.779. The molecular weight excluding hydrogens is 196 g/mol. The van der Waals surface area contributed by atoms with Crippen LogP contribution in [0.1, 0.15) is 6.92 Å². The number of nitrogens with zero attached hydrogens (tertiary/aromatic N) is 1. The van der Waals surface area contributed by atoms with E-state index in [0.29, 0.717) is 17.1 Å². The van der Waals surface area contributed by atoms with Crippen LogP contribution in [0.25, 0.3) is 0 Å². The largest absolute Gasteiger partial charge is 0.464 e. The summed E-state index contributed by atoms with van der Waals surface area (Å²) >= 11 is 0. The molecule has 3 amide bonds. The van der Waals surface area contributed by atoms with Crippen LogP contribution in [0, 0.1) is 0 Å². The Labute approximate surface area is 87.3 Å². The van der Waals surface area contributed by atoms with E-state index in [-0.39, 0.29) is 0 Å². The van der Waals surface area contributed by atoms with Gasteiger partial charge in [0.25, 0.3) is 0 Å². The fraction of sp³-hybridized carbons (Fsp3) is 0.200. The molecule has 80 valence electrons. The van der Waals surface area contributed by atoms with E-state index in [0.717, 1.165) is 0 Å². The number of para-hydroxylation sites is 1. The predicted octanol–water partition coefficient (Wildman–Crippen LogP) is 1.90. The maximum atomic E-state index is 11.4. The summed E-state index contributed by atoms with van der Waals surface area (Å²) in [5.74, 6) is 0. The maximum absolute atomic E-state index is 11.4. The van der Waals surface area contributed by atoms with Gasteiger partial charge >= 0.3 is 12.1 Å². The zero-order valence-corrected chi connectivity index (χ0v) is 8.30. The van der Waals surface area contributed by atoms with Crippen molar-refractivity contribution in [2.24, 2.45) is 0 Å². The smallest absolute Gasteiger partial charge is 0.420 e. The topological polar surface area (TPSA) is 69.6 Å². The van der Waals surface area contributed by atoms with Crippen molar-refractivity contribution in [1.29, 1.82) is 0 Å². The van der Waals surface area contributed by atoms with E-state index in [1.54, 1.807) is 37.3 Å². The molecule has 0 aliphatic rings. The Balaban J connectivity index is 2.94. The van der Waals surface area contributed by atoms with E-state index < -0.39 is 12.1 Å². The molecule has 2 N–H and O–H groups in total. The molecule has 5 nitrogen and oxygen atoms in total. The first-order valence-corrected chi connectivity index (χ1v) is 4.52. The number of imide groups is 1. The molecule has 1 rings (SSSR count). The Morgan fingerprint density at radius 3 is 2.40 bits per heavy atom. The molecule has 0 aromatic heterocycles. The second-order valence-electron chi connectivity index (χ2n) is 2.79. The Kier molecular flexibility index (Phi) is 3.68. The van der Waals surface area contributed by atoms with Crippen LogP contribution in [0.2, 0.25) is 0 Å². The van der Waals surface area contributed by atoms with E-state index in [1.807, 2.05) is 0 Å². The summed E-state index contributed by atoms with van der Waals surface area (Å²) in [5.41, 5.74) is 0.330. The molecule has 0 radical (unpaired) electrons. The third-order valence-electron chi connectivity index (χ3n) is 1.74. The summed E-state index contributed by atoms with van der Waals surface area (Å²) in [6.45, 7) is 2.11. The summed E-state index contributed by atoms with van der Waals surface area (Å²) in [4.78, 5) is 23.0. The molecule has 0 atom stereocenters. The van der Waals surface area contributed by atoms with Crippen LogP contribution in [0.4, 0.5) is 15.3 Å². The van der Waals surface area contributed by atoms with Gasteiger partial charge in [0, 0.05) is 6.54 Å². The molecule has 0 spiro atoms. The van der Waals surface area contributed by atoms with E-state index in [9.17, 15) is 9.59 Å². The minimum atomic E-state index is -1.30. The van der Waals surface area contributed by atoms with Gasteiger partial charge in [-0.2, -0.15) is 4.90 Å². The molecule has 0 aliphatic carbocycles. The molecule has 0 saturated heterocycles. The van der Waals surface area contributed by atoms with Gasteiger partial charge in [-0.25, -0.2) is 9.59 Å². The molecule has 0 unspecified atom stereocenters. The van der Waals surface area contributed by atoms with Crippen LogP contribution in [-0.4, -0.2) is 23.8 Å². The highest BCUT2D eigenvalue weighted by molar-refractivity contribution is 6.10. The van der Waals surface area contributed by atoms with Crippen LogP contribution in [0.3, 0.4) is 0 Å². The fourth-order valence-electron chi connectivity index (χ4n) is 1.12. The number of hydrogen-bond donors (Lipinski definition) is 2. The molecule has 0 aliphatic heterocycles. The third kappa shape index (κ3) is 2.70. The lowest BCUT2D eigenvalue weighted by Crippen LogP contribution is -2.43. The first-order valence-electron chi connectivity index (χ1n) is 4.52. The van der Waals surface area contributed by atoms with Gasteiger partial charge in [-0.05, 0) is 19.1 Å². The fourth-order valence-corrected chi connectivity index (χ4v) is 1.12. The number of rotatable bonds is 2. The van der Waals surface area contributed by atoms with E-state index >= 15 is 0 Å². The number of carboxylic acid groups (broad SMARTS) is 1. The lowest BCUT2D eigenvalue weighted by atomic mass is 10.3. The highest BCUT2D eigenvalue weighted by atomic mass is 16.4. The molecule has 0 saturated carbocycles. The molecule has 5 heteroatoms. The van der Waals surface area contributed by atoms with Gasteiger partial charge in [-0.1, -0.05) is 18.2 Å². The van der Waals surface area contributed by atoms with Gasteiger partial charge in [0.1, 0.15) is 0 Å². The first kappa shape index (κ1) is 11.0. The molecule has 0 heterocycles. The van der Waals surface area contributed by atoms with E-state index in [4.69, 9.17) is 5.11 Å². The Morgan fingerprint density at radius 2 is 1.93 bits per heavy atom. The highest BCUT2D eigenvalue weighted by Crippen LogP contribution is 2.13. The third-order valence-corrected chi connectivity index (χ3v) is 1.74. The van der Waals surface area contributed by atoms with Gasteiger partial charge in [-0.3, -0.25) is 0 Å². The first-order chi connectivity index (χ1) is 7.16. The van der Waals surface area contributed by atoms with Gasteiger partial charge in [-0.15, -0.1) is 0 Å². The molecule has 15 heavy (non-hydrogen) atoms. The SMILES string of the molecule is CCNC(=O)N(C(=O)O)c1ccccc1. The number of hydrogen-bond acceptors (Lipinski definition) is 2. The Morgan fingerprint density at radius 1 is 1.33 bits per heavy atom. The van der Waals surface area contributed by atoms with Crippen molar-refractivity contribution in [3.8, 4) is 0 Å². The normalized spacial score (nSPS) is 9.40. The second-order valence-corrected chi connectivity index (χ2v) is 2.79. The molecule has 1 aromatic rings. The number of anilines is 1. The second kappa shape index (κ2) is 4.99. The summed E-state index contributed by atoms with van der Waals surface area (Å²) in [6, 6.07) is 7.57. The molecule has 1 aromatic carbocycles. The maximum Gasteiger partial charge on any atom is 0.420 e. The number of urea groups is 1. The van der Waals surface area contributed by atoms with E-state index in [1.165, 1.54) is 0 Å². The number of carbonyl (C=O) groups excluding carboxylic acids is 1. The average Bonchev–Trinajstić information content (AvgIpc) is 2.19. The molecule has 0 bridgehead atoms. The average molecular weight is 208 g/mol. The summed E-state index contributed by atoms with van der Waals surface area (Å²) in [6.07, 6.45) is -1.30. The van der Waals surface area contributed by atoms with Crippen molar-refractivity contribution in [2.45, 2.75) is 6.92 Å². The summed E-state index contributed by atoms with van der Waals surface area (Å²) < 4.78 is 0. The van der Waals surface area contributed by atoms with Crippen LogP contribution in [0.5, 0.6) is 0 Å². The zero-order chi connectivity index (χ0) is 11.3. The van der Waals surface area contributed by atoms with Gasteiger partial charge in [0.2, 0.25) is 0 Å². The monoisotopic (exact) mass is 208 g/mol. The lowest BCUT2D eigenvalue weighted by Gasteiger charge is -2.17. The summed E-state index contributed by atoms with van der Waals surface area (Å²) in [7, 11) is 0. The number of benzene rings is 1. The number of nitrogens with one attached hydrogen (secondary N) is 1. The van der Waals surface area contributed by atoms with Gasteiger partial charge in [0.05, 0.1) is 5.69 Å². The Bertz CT molecular complexity index is 351. The van der Waals surface area contributed by atoms with E-state index in [2.05, 4.69) is 5.32 Å². The van der Waals surface area contributed by atoms with Crippen molar-refractivity contribution in [3.63, 3.8) is 0 Å². The van der Waals surface area contributed by atoms with Crippen LogP contribution < -0.4 is 10.2 Å². The predicted molar refractivity (Wildman–Crippen MR) is 56.0 cm³/mol. The molecular formula is C10H12N2O3. The molecule has 0 fully saturated rings. The van der Waals surface area contributed by atoms with Crippen molar-refractivity contribution < 1.29 is 14.7 Å². The van der Waals surface area contributed by atoms with Crippen molar-refractivity contribution in [3.05, 3.63) is 30.3 Å². The minimum Gasteiger partial charge on any atom is -0.464 e. The Hall–Kier alpha value is -2.04. The standard InChI is InChI=1S/C10H12N2O3/c1-2-11-9(13)12(10(14)15)8-6-4-3-5-7-8/h3-7H,2H2,1H3,(H,11,13)(H,14,15). The van der Waals surface area contributed by atoms with Crippen LogP contribution in [0.15, 0.2) is 30.3 Å². The summed E-state index contributed by atoms with van der Waals surface area (Å²) in [5, 5.41) is 11.3. The van der Waals surface area contributed by atoms with Gasteiger partial charge in [0.15, 0.2) is 0 Å². The highest BCUT2D eigenvalue weighted by Gasteiger charge is 2.21. The van der Waals surface area contributed by atoms with Crippen molar-refractivity contribution in [2.75, 3.05) is 11.4 Å². The van der Waals surface area contributed by atoms with Crippen LogP contribution >= 0.6 is 0 Å².